The molecular formula is C22H19ClFNO4. The van der Waals surface area contributed by atoms with Crippen molar-refractivity contribution in [3.63, 3.8) is 0 Å². The molecule has 0 radical (unpaired) electrons. The molecule has 0 aliphatic carbocycles. The summed E-state index contributed by atoms with van der Waals surface area (Å²) < 4.78 is 25.8. The van der Waals surface area contributed by atoms with Crippen LogP contribution in [0.15, 0.2) is 48.5 Å². The zero-order valence-corrected chi connectivity index (χ0v) is 16.9. The summed E-state index contributed by atoms with van der Waals surface area (Å²) >= 11 is 5.94. The van der Waals surface area contributed by atoms with Crippen LogP contribution in [0.5, 0.6) is 5.75 Å². The van der Waals surface area contributed by atoms with E-state index in [-0.39, 0.29) is 17.1 Å². The Morgan fingerprint density at radius 2 is 1.72 bits per heavy atom. The maximum atomic E-state index is 14.0. The third-order valence-corrected chi connectivity index (χ3v) is 4.80. The van der Waals surface area contributed by atoms with Crippen LogP contribution in [0.25, 0.3) is 5.69 Å². The van der Waals surface area contributed by atoms with Crippen molar-refractivity contribution in [2.45, 2.75) is 13.8 Å². The topological polar surface area (TPSA) is 57.5 Å². The van der Waals surface area contributed by atoms with Gasteiger partial charge in [0.2, 0.25) is 5.78 Å². The van der Waals surface area contributed by atoms with Crippen molar-refractivity contribution in [2.24, 2.45) is 0 Å². The van der Waals surface area contributed by atoms with E-state index in [2.05, 4.69) is 0 Å². The molecule has 0 bridgehead atoms. The number of Topliss-reactive ketones (excluding diaryl/α,β-unsaturated/α-hetero) is 1. The van der Waals surface area contributed by atoms with Gasteiger partial charge in [0.15, 0.2) is 6.61 Å². The van der Waals surface area contributed by atoms with E-state index < -0.39 is 18.4 Å². The molecule has 5 nitrogen and oxygen atoms in total. The molecule has 0 aliphatic heterocycles. The van der Waals surface area contributed by atoms with Crippen molar-refractivity contribution in [3.05, 3.63) is 81.9 Å². The van der Waals surface area contributed by atoms with E-state index >= 15 is 0 Å². The maximum Gasteiger partial charge on any atom is 0.341 e. The summed E-state index contributed by atoms with van der Waals surface area (Å²) in [6.45, 7) is 3.19. The van der Waals surface area contributed by atoms with Crippen LogP contribution < -0.4 is 4.74 Å². The first-order valence-corrected chi connectivity index (χ1v) is 9.18. The van der Waals surface area contributed by atoms with Crippen molar-refractivity contribution in [1.82, 2.24) is 4.57 Å². The zero-order chi connectivity index (χ0) is 21.1. The highest BCUT2D eigenvalue weighted by atomic mass is 35.5. The fourth-order valence-electron chi connectivity index (χ4n) is 3.11. The predicted octanol–water partition coefficient (Wildman–Crippen LogP) is 4.93. The Morgan fingerprint density at radius 3 is 2.34 bits per heavy atom. The Bertz CT molecular complexity index is 1070. The molecule has 0 spiro atoms. The minimum absolute atomic E-state index is 0.259. The van der Waals surface area contributed by atoms with Gasteiger partial charge in [0.05, 0.1) is 12.7 Å². The molecule has 0 unspecified atom stereocenters. The highest BCUT2D eigenvalue weighted by Crippen LogP contribution is 2.23. The SMILES string of the molecule is COc1ccc(C(=O)OCC(=O)c2cc(C)n(-c3ccc(Cl)cc3)c2C)c(F)c1. The molecular weight excluding hydrogens is 397 g/mol. The average Bonchev–Trinajstić information content (AvgIpc) is 3.00. The third kappa shape index (κ3) is 4.32. The molecule has 0 saturated heterocycles. The highest BCUT2D eigenvalue weighted by Gasteiger charge is 2.20. The molecule has 1 aromatic heterocycles. The first-order chi connectivity index (χ1) is 13.8. The number of aromatic nitrogens is 1. The lowest BCUT2D eigenvalue weighted by molar-refractivity contribution is 0.0470. The Labute approximate surface area is 172 Å². The van der Waals surface area contributed by atoms with Gasteiger partial charge in [-0.1, -0.05) is 11.6 Å². The second kappa shape index (κ2) is 8.49. The largest absolute Gasteiger partial charge is 0.497 e. The van der Waals surface area contributed by atoms with Gasteiger partial charge in [-0.15, -0.1) is 0 Å². The number of benzene rings is 2. The first kappa shape index (κ1) is 20.6. The molecule has 1 heterocycles. The first-order valence-electron chi connectivity index (χ1n) is 8.80. The van der Waals surface area contributed by atoms with Crippen LogP contribution in [0.2, 0.25) is 5.02 Å². The Hall–Kier alpha value is -3.12. The standard InChI is InChI=1S/C22H19ClFNO4/c1-13-10-19(14(2)25(13)16-6-4-15(23)5-7-16)21(26)12-29-22(27)18-9-8-17(28-3)11-20(18)24/h4-11H,12H2,1-3H3. The van der Waals surface area contributed by atoms with Crippen LogP contribution in [-0.2, 0) is 4.74 Å². The number of esters is 1. The maximum absolute atomic E-state index is 14.0. The molecule has 7 heteroatoms. The van der Waals surface area contributed by atoms with Gasteiger partial charge in [0.25, 0.3) is 0 Å². The molecule has 0 N–H and O–H groups in total. The van der Waals surface area contributed by atoms with Crippen molar-refractivity contribution in [2.75, 3.05) is 13.7 Å². The highest BCUT2D eigenvalue weighted by molar-refractivity contribution is 6.30. The third-order valence-electron chi connectivity index (χ3n) is 4.55. The number of aryl methyl sites for hydroxylation is 1. The predicted molar refractivity (Wildman–Crippen MR) is 108 cm³/mol. The second-order valence-electron chi connectivity index (χ2n) is 6.44. The van der Waals surface area contributed by atoms with Gasteiger partial charge in [0, 0.05) is 33.7 Å². The fourth-order valence-corrected chi connectivity index (χ4v) is 3.23. The van der Waals surface area contributed by atoms with E-state index in [4.69, 9.17) is 21.1 Å². The molecule has 0 atom stereocenters. The summed E-state index contributed by atoms with van der Waals surface area (Å²) in [5, 5.41) is 0.616. The van der Waals surface area contributed by atoms with E-state index in [1.165, 1.54) is 19.2 Å². The summed E-state index contributed by atoms with van der Waals surface area (Å²) in [4.78, 5) is 24.8. The minimum Gasteiger partial charge on any atom is -0.497 e. The van der Waals surface area contributed by atoms with Crippen LogP contribution in [0, 0.1) is 19.7 Å². The number of halogens is 2. The molecule has 150 valence electrons. The quantitative estimate of drug-likeness (QED) is 0.423. The molecule has 0 fully saturated rings. The molecule has 3 rings (SSSR count). The Balaban J connectivity index is 1.75. The van der Waals surface area contributed by atoms with Crippen LogP contribution in [0.4, 0.5) is 4.39 Å². The normalized spacial score (nSPS) is 10.7. The number of rotatable bonds is 6. The summed E-state index contributed by atoms with van der Waals surface area (Å²) in [6.07, 6.45) is 0. The van der Waals surface area contributed by atoms with Crippen molar-refractivity contribution < 1.29 is 23.5 Å². The van der Waals surface area contributed by atoms with Gasteiger partial charge in [-0.25, -0.2) is 9.18 Å². The fraction of sp³-hybridized carbons (Fsp3) is 0.182. The van der Waals surface area contributed by atoms with Crippen LogP contribution in [-0.4, -0.2) is 30.0 Å². The monoisotopic (exact) mass is 415 g/mol. The number of carbonyl (C=O) groups excluding carboxylic acids is 2. The summed E-state index contributed by atoms with van der Waals surface area (Å²) in [5.74, 6) is -1.78. The molecule has 0 amide bonds. The Kier molecular flexibility index (Phi) is 6.03. The number of nitrogens with zero attached hydrogens (tertiary/aromatic N) is 1. The van der Waals surface area contributed by atoms with E-state index in [1.54, 1.807) is 25.1 Å². The van der Waals surface area contributed by atoms with E-state index in [9.17, 15) is 14.0 Å². The smallest absolute Gasteiger partial charge is 0.341 e. The minimum atomic E-state index is -0.912. The number of hydrogen-bond donors (Lipinski definition) is 0. The van der Waals surface area contributed by atoms with Crippen molar-refractivity contribution >= 4 is 23.4 Å². The van der Waals surface area contributed by atoms with Crippen LogP contribution in [0.1, 0.15) is 32.1 Å². The molecule has 0 saturated carbocycles. The molecule has 2 aromatic carbocycles. The number of carbonyl (C=O) groups is 2. The number of hydrogen-bond acceptors (Lipinski definition) is 4. The van der Waals surface area contributed by atoms with Gasteiger partial charge in [-0.3, -0.25) is 4.79 Å². The van der Waals surface area contributed by atoms with Crippen molar-refractivity contribution in [3.8, 4) is 11.4 Å². The number of ether oxygens (including phenoxy) is 2. The summed E-state index contributed by atoms with van der Waals surface area (Å²) in [6, 6.07) is 12.7. The lowest BCUT2D eigenvalue weighted by Crippen LogP contribution is -2.16. The number of ketones is 1. The van der Waals surface area contributed by atoms with E-state index in [0.29, 0.717) is 16.3 Å². The molecule has 29 heavy (non-hydrogen) atoms. The lowest BCUT2D eigenvalue weighted by Gasteiger charge is -2.10. The number of methoxy groups -OCH3 is 1. The van der Waals surface area contributed by atoms with Gasteiger partial charge < -0.3 is 14.0 Å². The van der Waals surface area contributed by atoms with Gasteiger partial charge >= 0.3 is 5.97 Å². The summed E-state index contributed by atoms with van der Waals surface area (Å²) in [5.41, 5.74) is 2.59. The molecule has 3 aromatic rings. The van der Waals surface area contributed by atoms with Gasteiger partial charge in [0.1, 0.15) is 11.6 Å². The van der Waals surface area contributed by atoms with Crippen LogP contribution >= 0.6 is 11.6 Å². The Morgan fingerprint density at radius 1 is 1.03 bits per heavy atom. The van der Waals surface area contributed by atoms with Gasteiger partial charge in [-0.05, 0) is 56.3 Å². The van der Waals surface area contributed by atoms with Crippen LogP contribution in [0.3, 0.4) is 0 Å². The van der Waals surface area contributed by atoms with E-state index in [1.807, 2.05) is 23.6 Å². The second-order valence-corrected chi connectivity index (χ2v) is 6.88. The average molecular weight is 416 g/mol. The van der Waals surface area contributed by atoms with E-state index in [0.717, 1.165) is 17.4 Å². The zero-order valence-electron chi connectivity index (χ0n) is 16.2. The van der Waals surface area contributed by atoms with Gasteiger partial charge in [-0.2, -0.15) is 0 Å². The molecule has 0 aliphatic rings. The van der Waals surface area contributed by atoms with Crippen molar-refractivity contribution in [1.29, 1.82) is 0 Å². The lowest BCUT2D eigenvalue weighted by atomic mass is 10.1. The summed E-state index contributed by atoms with van der Waals surface area (Å²) in [7, 11) is 1.39.